The van der Waals surface area contributed by atoms with Crippen molar-refractivity contribution in [1.82, 2.24) is 10.6 Å². The first kappa shape index (κ1) is 19.5. The monoisotopic (exact) mass is 339 g/mol. The number of nitrogens with one attached hydrogen (secondary N) is 2. The number of hydrogen-bond acceptors (Lipinski definition) is 4. The molecule has 0 spiro atoms. The minimum Gasteiger partial charge on any atom is -0.469 e. The van der Waals surface area contributed by atoms with Gasteiger partial charge in [0.05, 0.1) is 13.7 Å². The van der Waals surface area contributed by atoms with Crippen LogP contribution in [0.5, 0.6) is 0 Å². The molecule has 130 valence electrons. The molecule has 0 aliphatic heterocycles. The molecule has 0 unspecified atom stereocenters. The number of hydrogen-bond donors (Lipinski definition) is 2. The summed E-state index contributed by atoms with van der Waals surface area (Å²) in [6, 6.07) is 4.26. The van der Waals surface area contributed by atoms with Crippen molar-refractivity contribution in [3.05, 3.63) is 21.9 Å². The zero-order valence-corrected chi connectivity index (χ0v) is 15.3. The lowest BCUT2D eigenvalue weighted by atomic mass is 10.1. The highest BCUT2D eigenvalue weighted by atomic mass is 32.1. The van der Waals surface area contributed by atoms with Gasteiger partial charge in [-0.3, -0.25) is 4.79 Å². The molecule has 0 amide bonds. The molecule has 0 saturated carbocycles. The van der Waals surface area contributed by atoms with Gasteiger partial charge in [-0.2, -0.15) is 0 Å². The second-order valence-corrected chi connectivity index (χ2v) is 6.75. The maximum atomic E-state index is 11.0. The number of rotatable bonds is 10. The lowest BCUT2D eigenvalue weighted by Crippen LogP contribution is -2.37. The highest BCUT2D eigenvalue weighted by Crippen LogP contribution is 2.15. The standard InChI is InChI=1S/C17H29N3O2S/c1-4-18-17(20-13-15-11-10-14(2)23-15)19-12-8-6-5-7-9-16(21)22-3/h10-11H,4-9,12-13H2,1-3H3,(H2,18,19,20). The van der Waals surface area contributed by atoms with E-state index in [0.29, 0.717) is 13.0 Å². The largest absolute Gasteiger partial charge is 0.469 e. The van der Waals surface area contributed by atoms with E-state index in [1.54, 1.807) is 11.3 Å². The van der Waals surface area contributed by atoms with Gasteiger partial charge in [-0.25, -0.2) is 4.99 Å². The van der Waals surface area contributed by atoms with Crippen LogP contribution in [-0.2, 0) is 16.1 Å². The summed E-state index contributed by atoms with van der Waals surface area (Å²) >= 11 is 1.79. The van der Waals surface area contributed by atoms with Crippen LogP contribution in [0.1, 0.15) is 48.8 Å². The van der Waals surface area contributed by atoms with E-state index in [1.165, 1.54) is 16.9 Å². The molecule has 0 fully saturated rings. The topological polar surface area (TPSA) is 62.7 Å². The highest BCUT2D eigenvalue weighted by Gasteiger charge is 2.01. The van der Waals surface area contributed by atoms with Gasteiger partial charge in [-0.15, -0.1) is 11.3 Å². The number of methoxy groups -OCH3 is 1. The number of aliphatic imine (C=N–C) groups is 1. The minimum absolute atomic E-state index is 0.117. The molecule has 1 heterocycles. The number of thiophene rings is 1. The normalized spacial score (nSPS) is 11.3. The zero-order valence-electron chi connectivity index (χ0n) is 14.5. The second kappa shape index (κ2) is 11.9. The number of nitrogens with zero attached hydrogens (tertiary/aromatic N) is 1. The van der Waals surface area contributed by atoms with Crippen molar-refractivity contribution in [2.75, 3.05) is 20.2 Å². The van der Waals surface area contributed by atoms with E-state index in [0.717, 1.165) is 44.7 Å². The van der Waals surface area contributed by atoms with E-state index in [4.69, 9.17) is 0 Å². The molecule has 0 radical (unpaired) electrons. The Bertz CT molecular complexity index is 486. The predicted octanol–water partition coefficient (Wildman–Crippen LogP) is 3.24. The molecule has 6 heteroatoms. The van der Waals surface area contributed by atoms with Crippen molar-refractivity contribution < 1.29 is 9.53 Å². The average molecular weight is 340 g/mol. The SMILES string of the molecule is CCNC(=NCc1ccc(C)s1)NCCCCCCC(=O)OC. The van der Waals surface area contributed by atoms with Crippen molar-refractivity contribution in [1.29, 1.82) is 0 Å². The zero-order chi connectivity index (χ0) is 16.9. The van der Waals surface area contributed by atoms with Gasteiger partial charge in [0.15, 0.2) is 5.96 Å². The molecule has 1 aromatic rings. The summed E-state index contributed by atoms with van der Waals surface area (Å²) in [6.07, 6.45) is 4.66. The number of aryl methyl sites for hydroxylation is 1. The third kappa shape index (κ3) is 9.23. The first-order valence-corrected chi connectivity index (χ1v) is 9.11. The van der Waals surface area contributed by atoms with E-state index in [-0.39, 0.29) is 5.97 Å². The first-order chi connectivity index (χ1) is 11.2. The fourth-order valence-corrected chi connectivity index (χ4v) is 2.94. The molecule has 0 aliphatic rings. The summed E-state index contributed by atoms with van der Waals surface area (Å²) in [5.74, 6) is 0.751. The number of unbranched alkanes of at least 4 members (excludes halogenated alkanes) is 3. The predicted molar refractivity (Wildman–Crippen MR) is 97.0 cm³/mol. The summed E-state index contributed by atoms with van der Waals surface area (Å²) in [7, 11) is 1.44. The van der Waals surface area contributed by atoms with E-state index < -0.39 is 0 Å². The van der Waals surface area contributed by atoms with Crippen LogP contribution in [0.25, 0.3) is 0 Å². The van der Waals surface area contributed by atoms with E-state index in [1.807, 2.05) is 0 Å². The Balaban J connectivity index is 2.18. The van der Waals surface area contributed by atoms with Crippen LogP contribution < -0.4 is 10.6 Å². The molecule has 1 aromatic heterocycles. The average Bonchev–Trinajstić information content (AvgIpc) is 2.96. The van der Waals surface area contributed by atoms with Gasteiger partial charge in [-0.1, -0.05) is 12.8 Å². The van der Waals surface area contributed by atoms with Crippen LogP contribution in [0, 0.1) is 6.92 Å². The van der Waals surface area contributed by atoms with Crippen molar-refractivity contribution in [2.45, 2.75) is 52.5 Å². The Morgan fingerprint density at radius 3 is 2.65 bits per heavy atom. The summed E-state index contributed by atoms with van der Waals surface area (Å²) in [5, 5.41) is 6.63. The summed E-state index contributed by atoms with van der Waals surface area (Å²) in [6.45, 7) is 6.65. The second-order valence-electron chi connectivity index (χ2n) is 5.37. The van der Waals surface area contributed by atoms with Crippen LogP contribution in [0.15, 0.2) is 17.1 Å². The number of guanidine groups is 1. The number of carbonyl (C=O) groups is 1. The summed E-state index contributed by atoms with van der Waals surface area (Å²) in [4.78, 5) is 18.2. The number of ether oxygens (including phenoxy) is 1. The highest BCUT2D eigenvalue weighted by molar-refractivity contribution is 7.11. The fraction of sp³-hybridized carbons (Fsp3) is 0.647. The van der Waals surface area contributed by atoms with Crippen LogP contribution in [0.4, 0.5) is 0 Å². The number of carbonyl (C=O) groups excluding carboxylic acids is 1. The lowest BCUT2D eigenvalue weighted by molar-refractivity contribution is -0.140. The van der Waals surface area contributed by atoms with Crippen molar-refractivity contribution in [3.63, 3.8) is 0 Å². The minimum atomic E-state index is -0.117. The molecular formula is C17H29N3O2S. The lowest BCUT2D eigenvalue weighted by Gasteiger charge is -2.10. The van der Waals surface area contributed by atoms with Gasteiger partial charge in [0.25, 0.3) is 0 Å². The Morgan fingerprint density at radius 1 is 1.22 bits per heavy atom. The fourth-order valence-electron chi connectivity index (χ4n) is 2.13. The summed E-state index contributed by atoms with van der Waals surface area (Å²) < 4.78 is 4.63. The first-order valence-electron chi connectivity index (χ1n) is 8.30. The van der Waals surface area contributed by atoms with E-state index >= 15 is 0 Å². The molecule has 0 aromatic carbocycles. The molecule has 0 atom stereocenters. The van der Waals surface area contributed by atoms with Gasteiger partial charge in [0, 0.05) is 29.3 Å². The Labute approximate surface area is 143 Å². The third-order valence-electron chi connectivity index (χ3n) is 3.36. The van der Waals surface area contributed by atoms with Crippen molar-refractivity contribution in [3.8, 4) is 0 Å². The molecule has 2 N–H and O–H groups in total. The Morgan fingerprint density at radius 2 is 2.00 bits per heavy atom. The molecule has 0 saturated heterocycles. The van der Waals surface area contributed by atoms with Crippen LogP contribution in [0.3, 0.4) is 0 Å². The van der Waals surface area contributed by atoms with Gasteiger partial charge in [0.1, 0.15) is 0 Å². The van der Waals surface area contributed by atoms with Crippen molar-refractivity contribution in [2.24, 2.45) is 4.99 Å². The van der Waals surface area contributed by atoms with Gasteiger partial charge in [0.2, 0.25) is 0 Å². The molecule has 0 aliphatic carbocycles. The van der Waals surface area contributed by atoms with Crippen LogP contribution in [-0.4, -0.2) is 32.1 Å². The van der Waals surface area contributed by atoms with Gasteiger partial charge in [-0.05, 0) is 38.8 Å². The van der Waals surface area contributed by atoms with E-state index in [9.17, 15) is 4.79 Å². The number of esters is 1. The Kier molecular flexibility index (Phi) is 10.1. The smallest absolute Gasteiger partial charge is 0.305 e. The third-order valence-corrected chi connectivity index (χ3v) is 4.35. The quantitative estimate of drug-likeness (QED) is 0.297. The Hall–Kier alpha value is -1.56. The summed E-state index contributed by atoms with van der Waals surface area (Å²) in [5.41, 5.74) is 0. The maximum absolute atomic E-state index is 11.0. The molecule has 0 bridgehead atoms. The van der Waals surface area contributed by atoms with E-state index in [2.05, 4.69) is 46.3 Å². The molecule has 23 heavy (non-hydrogen) atoms. The van der Waals surface area contributed by atoms with Crippen molar-refractivity contribution >= 4 is 23.3 Å². The van der Waals surface area contributed by atoms with Gasteiger partial charge < -0.3 is 15.4 Å². The van der Waals surface area contributed by atoms with Gasteiger partial charge >= 0.3 is 5.97 Å². The van der Waals surface area contributed by atoms with Crippen LogP contribution >= 0.6 is 11.3 Å². The molecule has 1 rings (SSSR count). The van der Waals surface area contributed by atoms with Crippen LogP contribution in [0.2, 0.25) is 0 Å². The molecular weight excluding hydrogens is 310 g/mol. The molecule has 5 nitrogen and oxygen atoms in total. The maximum Gasteiger partial charge on any atom is 0.305 e.